The Morgan fingerprint density at radius 2 is 2.33 bits per heavy atom. The van der Waals surface area contributed by atoms with Crippen LogP contribution in [0.2, 0.25) is 0 Å². The highest BCUT2D eigenvalue weighted by atomic mass is 32.2. The van der Waals surface area contributed by atoms with Gasteiger partial charge in [0.2, 0.25) is 10.0 Å². The van der Waals surface area contributed by atoms with E-state index in [1.54, 1.807) is 6.07 Å². The molecule has 5 nitrogen and oxygen atoms in total. The summed E-state index contributed by atoms with van der Waals surface area (Å²) in [6.07, 6.45) is 3.07. The van der Waals surface area contributed by atoms with Gasteiger partial charge in [0.1, 0.15) is 0 Å². The lowest BCUT2D eigenvalue weighted by Gasteiger charge is -2.22. The first-order chi connectivity index (χ1) is 10.1. The second kappa shape index (κ2) is 8.24. The molecule has 1 aliphatic rings. The summed E-state index contributed by atoms with van der Waals surface area (Å²) in [6, 6.07) is 1.69. The third kappa shape index (κ3) is 5.03. The van der Waals surface area contributed by atoms with Gasteiger partial charge in [-0.05, 0) is 43.2 Å². The molecule has 21 heavy (non-hydrogen) atoms. The molecule has 1 atom stereocenters. The summed E-state index contributed by atoms with van der Waals surface area (Å²) in [5.74, 6) is 0.286. The van der Waals surface area contributed by atoms with Crippen molar-refractivity contribution in [3.8, 4) is 0 Å². The van der Waals surface area contributed by atoms with E-state index in [-0.39, 0.29) is 5.92 Å². The number of hydrogen-bond donors (Lipinski definition) is 2. The maximum Gasteiger partial charge on any atom is 0.241 e. The van der Waals surface area contributed by atoms with Crippen molar-refractivity contribution < 1.29 is 13.2 Å². The molecule has 0 spiro atoms. The first-order valence-electron chi connectivity index (χ1n) is 7.48. The van der Waals surface area contributed by atoms with Gasteiger partial charge in [0.25, 0.3) is 0 Å². The minimum Gasteiger partial charge on any atom is -0.381 e. The Balaban J connectivity index is 1.93. The van der Waals surface area contributed by atoms with E-state index in [4.69, 9.17) is 4.74 Å². The van der Waals surface area contributed by atoms with Gasteiger partial charge in [-0.2, -0.15) is 0 Å². The Hall–Kier alpha value is -0.470. The fraction of sp³-hybridized carbons (Fsp3) is 0.714. The van der Waals surface area contributed by atoms with Crippen LogP contribution in [-0.2, 0) is 21.3 Å². The highest BCUT2D eigenvalue weighted by Crippen LogP contribution is 2.22. The van der Waals surface area contributed by atoms with Crippen LogP contribution in [0.5, 0.6) is 0 Å². The Morgan fingerprint density at radius 1 is 1.48 bits per heavy atom. The third-order valence-corrected chi connectivity index (χ3v) is 6.08. The topological polar surface area (TPSA) is 67.4 Å². The van der Waals surface area contributed by atoms with Crippen molar-refractivity contribution in [2.45, 2.75) is 37.6 Å². The Bertz CT molecular complexity index is 522. The zero-order chi connectivity index (χ0) is 15.1. The normalized spacial score (nSPS) is 19.8. The largest absolute Gasteiger partial charge is 0.381 e. The molecule has 1 fully saturated rings. The summed E-state index contributed by atoms with van der Waals surface area (Å²) in [5, 5.41) is 5.09. The van der Waals surface area contributed by atoms with Gasteiger partial charge in [-0.3, -0.25) is 0 Å². The fourth-order valence-corrected chi connectivity index (χ4v) is 4.88. The minimum absolute atomic E-state index is 0.286. The lowest BCUT2D eigenvalue weighted by atomic mass is 10.0. The van der Waals surface area contributed by atoms with Crippen LogP contribution in [0.25, 0.3) is 0 Å². The molecule has 0 aliphatic carbocycles. The number of rotatable bonds is 8. The molecule has 0 radical (unpaired) electrons. The molecule has 0 aromatic carbocycles. The molecule has 7 heteroatoms. The molecular weight excluding hydrogens is 308 g/mol. The molecule has 120 valence electrons. The maximum absolute atomic E-state index is 12.4. The van der Waals surface area contributed by atoms with Gasteiger partial charge in [0, 0.05) is 24.6 Å². The van der Waals surface area contributed by atoms with E-state index < -0.39 is 10.0 Å². The van der Waals surface area contributed by atoms with Crippen LogP contribution < -0.4 is 10.0 Å². The smallest absolute Gasteiger partial charge is 0.241 e. The monoisotopic (exact) mass is 332 g/mol. The molecule has 0 bridgehead atoms. The average Bonchev–Trinajstić information content (AvgIpc) is 2.96. The van der Waals surface area contributed by atoms with Gasteiger partial charge in [-0.15, -0.1) is 11.3 Å². The average molecular weight is 332 g/mol. The molecule has 1 unspecified atom stereocenters. The highest BCUT2D eigenvalue weighted by Gasteiger charge is 2.22. The molecule has 0 amide bonds. The van der Waals surface area contributed by atoms with Gasteiger partial charge >= 0.3 is 0 Å². The third-order valence-electron chi connectivity index (χ3n) is 3.52. The van der Waals surface area contributed by atoms with E-state index in [0.717, 1.165) is 37.3 Å². The minimum atomic E-state index is -3.42. The fourth-order valence-electron chi connectivity index (χ4n) is 2.35. The quantitative estimate of drug-likeness (QED) is 0.714. The molecular formula is C14H24N2O3S2. The molecule has 2 rings (SSSR count). The van der Waals surface area contributed by atoms with Crippen LogP contribution in [-0.4, -0.2) is 34.7 Å². The summed E-state index contributed by atoms with van der Waals surface area (Å²) in [6.45, 7) is 5.49. The van der Waals surface area contributed by atoms with Gasteiger partial charge in [-0.1, -0.05) is 6.92 Å². The van der Waals surface area contributed by atoms with Crippen LogP contribution in [0.15, 0.2) is 16.3 Å². The molecule has 1 aromatic heterocycles. The Morgan fingerprint density at radius 3 is 3.05 bits per heavy atom. The van der Waals surface area contributed by atoms with Crippen LogP contribution in [0.1, 0.15) is 31.1 Å². The Kier molecular flexibility index (Phi) is 6.63. The SMILES string of the molecule is CCCNCc1sccc1S(=O)(=O)NCC1CCCOC1. The van der Waals surface area contributed by atoms with Crippen molar-refractivity contribution in [2.24, 2.45) is 5.92 Å². The molecule has 1 saturated heterocycles. The second-order valence-corrected chi connectivity index (χ2v) is 8.06. The lowest BCUT2D eigenvalue weighted by molar-refractivity contribution is 0.0568. The molecule has 1 aromatic rings. The number of thiophene rings is 1. The van der Waals surface area contributed by atoms with E-state index in [0.29, 0.717) is 24.6 Å². The van der Waals surface area contributed by atoms with Crippen LogP contribution in [0.3, 0.4) is 0 Å². The van der Waals surface area contributed by atoms with Crippen molar-refractivity contribution in [2.75, 3.05) is 26.3 Å². The number of nitrogens with one attached hydrogen (secondary N) is 2. The predicted molar refractivity (Wildman–Crippen MR) is 85.0 cm³/mol. The van der Waals surface area contributed by atoms with E-state index >= 15 is 0 Å². The van der Waals surface area contributed by atoms with E-state index in [1.165, 1.54) is 11.3 Å². The standard InChI is InChI=1S/C14H24N2O3S2/c1-2-6-15-10-13-14(5-8-20-13)21(17,18)16-9-12-4-3-7-19-11-12/h5,8,12,15-16H,2-4,6-7,9-11H2,1H3. The lowest BCUT2D eigenvalue weighted by Crippen LogP contribution is -2.33. The number of sulfonamides is 1. The van der Waals surface area contributed by atoms with E-state index in [1.807, 2.05) is 5.38 Å². The Labute approximate surface area is 131 Å². The summed E-state index contributed by atoms with van der Waals surface area (Å²) >= 11 is 1.48. The van der Waals surface area contributed by atoms with E-state index in [2.05, 4.69) is 17.0 Å². The van der Waals surface area contributed by atoms with Crippen LogP contribution in [0.4, 0.5) is 0 Å². The van der Waals surface area contributed by atoms with Crippen LogP contribution in [0, 0.1) is 5.92 Å². The molecule has 2 N–H and O–H groups in total. The van der Waals surface area contributed by atoms with Gasteiger partial charge in [0.15, 0.2) is 0 Å². The first kappa shape index (κ1) is 16.9. The summed E-state index contributed by atoms with van der Waals surface area (Å²) < 4.78 is 33.0. The predicted octanol–water partition coefficient (Wildman–Crippen LogP) is 1.95. The zero-order valence-corrected chi connectivity index (χ0v) is 14.1. The summed E-state index contributed by atoms with van der Waals surface area (Å²) in [7, 11) is -3.42. The number of hydrogen-bond acceptors (Lipinski definition) is 5. The second-order valence-electron chi connectivity index (χ2n) is 5.32. The van der Waals surface area contributed by atoms with Gasteiger partial charge in [0.05, 0.1) is 11.5 Å². The molecule has 2 heterocycles. The van der Waals surface area contributed by atoms with Crippen molar-refractivity contribution in [1.82, 2.24) is 10.0 Å². The highest BCUT2D eigenvalue weighted by molar-refractivity contribution is 7.89. The number of ether oxygens (including phenoxy) is 1. The van der Waals surface area contributed by atoms with Crippen molar-refractivity contribution in [3.63, 3.8) is 0 Å². The van der Waals surface area contributed by atoms with Crippen molar-refractivity contribution in [1.29, 1.82) is 0 Å². The van der Waals surface area contributed by atoms with Gasteiger partial charge < -0.3 is 10.1 Å². The van der Waals surface area contributed by atoms with Crippen LogP contribution >= 0.6 is 11.3 Å². The van der Waals surface area contributed by atoms with Crippen molar-refractivity contribution in [3.05, 3.63) is 16.3 Å². The molecule has 0 saturated carbocycles. The summed E-state index contributed by atoms with van der Waals surface area (Å²) in [5.41, 5.74) is 0. The van der Waals surface area contributed by atoms with Gasteiger partial charge in [-0.25, -0.2) is 13.1 Å². The summed E-state index contributed by atoms with van der Waals surface area (Å²) in [4.78, 5) is 1.28. The van der Waals surface area contributed by atoms with E-state index in [9.17, 15) is 8.42 Å². The zero-order valence-electron chi connectivity index (χ0n) is 12.4. The molecule has 1 aliphatic heterocycles. The first-order valence-corrected chi connectivity index (χ1v) is 9.84. The maximum atomic E-state index is 12.4. The van der Waals surface area contributed by atoms with Crippen molar-refractivity contribution >= 4 is 21.4 Å².